The van der Waals surface area contributed by atoms with Crippen LogP contribution in [0, 0.1) is 6.92 Å². The largest absolute Gasteiger partial charge is 0.379 e. The Kier molecular flexibility index (Phi) is 6.57. The monoisotopic (exact) mass is 289 g/mol. The topological polar surface area (TPSA) is 56.2 Å². The fourth-order valence-corrected chi connectivity index (χ4v) is 1.68. The number of aryl methyl sites for hydroxylation is 1. The molecule has 0 radical (unpaired) electrons. The Labute approximate surface area is 117 Å². The number of aromatic nitrogens is 2. The summed E-state index contributed by atoms with van der Waals surface area (Å²) in [4.78, 5) is 11.6. The molecule has 0 spiro atoms. The van der Waals surface area contributed by atoms with Gasteiger partial charge in [0.15, 0.2) is 0 Å². The molecule has 0 saturated heterocycles. The Balaban J connectivity index is 2.35. The molecule has 0 aliphatic carbocycles. The summed E-state index contributed by atoms with van der Waals surface area (Å²) in [6, 6.07) is 1.29. The van der Waals surface area contributed by atoms with Crippen LogP contribution >= 0.6 is 0 Å². The zero-order chi connectivity index (χ0) is 15.1. The maximum absolute atomic E-state index is 12.7. The van der Waals surface area contributed by atoms with E-state index in [2.05, 4.69) is 10.4 Å². The third-order valence-corrected chi connectivity index (χ3v) is 2.54. The van der Waals surface area contributed by atoms with Gasteiger partial charge in [0, 0.05) is 13.2 Å². The van der Waals surface area contributed by atoms with Crippen molar-refractivity contribution >= 4 is 5.91 Å². The number of carbonyl (C=O) groups excluding carboxylic acids is 1. The summed E-state index contributed by atoms with van der Waals surface area (Å²) < 4.78 is 31.8. The fourth-order valence-electron chi connectivity index (χ4n) is 1.68. The molecule has 1 N–H and O–H groups in total. The van der Waals surface area contributed by atoms with Gasteiger partial charge in [-0.25, -0.2) is 8.78 Å². The second kappa shape index (κ2) is 7.94. The average molecular weight is 289 g/mol. The lowest BCUT2D eigenvalue weighted by Gasteiger charge is -2.09. The maximum Gasteiger partial charge on any atom is 0.280 e. The first-order valence-corrected chi connectivity index (χ1v) is 6.61. The van der Waals surface area contributed by atoms with E-state index in [4.69, 9.17) is 4.74 Å². The van der Waals surface area contributed by atoms with Crippen molar-refractivity contribution in [2.24, 2.45) is 0 Å². The third-order valence-electron chi connectivity index (χ3n) is 2.54. The highest BCUT2D eigenvalue weighted by Crippen LogP contribution is 2.19. The van der Waals surface area contributed by atoms with Crippen LogP contribution in [0.2, 0.25) is 0 Å². The quantitative estimate of drug-likeness (QED) is 0.745. The molecule has 0 aliphatic rings. The van der Waals surface area contributed by atoms with E-state index < -0.39 is 6.43 Å². The van der Waals surface area contributed by atoms with Gasteiger partial charge in [0.05, 0.1) is 11.8 Å². The molecule has 0 bridgehead atoms. The number of amides is 1. The van der Waals surface area contributed by atoms with Gasteiger partial charge in [-0.1, -0.05) is 0 Å². The molecule has 1 heterocycles. The van der Waals surface area contributed by atoms with E-state index in [0.717, 1.165) is 4.68 Å². The van der Waals surface area contributed by atoms with Crippen LogP contribution in [0.3, 0.4) is 0 Å². The van der Waals surface area contributed by atoms with Crippen molar-refractivity contribution in [1.82, 2.24) is 15.1 Å². The number of rotatable bonds is 8. The Morgan fingerprint density at radius 1 is 1.50 bits per heavy atom. The zero-order valence-electron chi connectivity index (χ0n) is 12.0. The number of hydrogen-bond acceptors (Lipinski definition) is 3. The lowest BCUT2D eigenvalue weighted by atomic mass is 10.4. The minimum Gasteiger partial charge on any atom is -0.379 e. The molecule has 0 fully saturated rings. The summed E-state index contributed by atoms with van der Waals surface area (Å²) in [5.74, 6) is -0.334. The van der Waals surface area contributed by atoms with Crippen LogP contribution in [0.4, 0.5) is 8.78 Å². The summed E-state index contributed by atoms with van der Waals surface area (Å²) in [6.45, 7) is 6.30. The van der Waals surface area contributed by atoms with Crippen LogP contribution in [-0.2, 0) is 16.1 Å². The highest BCUT2D eigenvalue weighted by atomic mass is 19.3. The predicted molar refractivity (Wildman–Crippen MR) is 70.6 cm³/mol. The van der Waals surface area contributed by atoms with E-state index in [1.807, 2.05) is 13.8 Å². The van der Waals surface area contributed by atoms with E-state index in [0.29, 0.717) is 25.3 Å². The Morgan fingerprint density at radius 2 is 2.20 bits per heavy atom. The van der Waals surface area contributed by atoms with Crippen LogP contribution in [0.5, 0.6) is 0 Å². The summed E-state index contributed by atoms with van der Waals surface area (Å²) >= 11 is 0. The van der Waals surface area contributed by atoms with Crippen molar-refractivity contribution in [1.29, 1.82) is 0 Å². The lowest BCUT2D eigenvalue weighted by molar-refractivity contribution is -0.122. The molecule has 0 atom stereocenters. The first-order chi connectivity index (χ1) is 9.40. The van der Waals surface area contributed by atoms with E-state index in [1.54, 1.807) is 6.92 Å². The summed E-state index contributed by atoms with van der Waals surface area (Å²) in [7, 11) is 0. The minimum absolute atomic E-state index is 0.159. The van der Waals surface area contributed by atoms with Crippen molar-refractivity contribution in [2.45, 2.75) is 46.3 Å². The SMILES string of the molecule is Cc1cc(C(F)F)n(CC(=O)NCCCOC(C)C)n1. The van der Waals surface area contributed by atoms with Crippen LogP contribution in [0.1, 0.15) is 38.1 Å². The van der Waals surface area contributed by atoms with Crippen molar-refractivity contribution in [3.05, 3.63) is 17.5 Å². The second-order valence-corrected chi connectivity index (χ2v) is 4.79. The molecule has 1 amide bonds. The summed E-state index contributed by atoms with van der Waals surface area (Å²) in [5, 5.41) is 6.55. The minimum atomic E-state index is -2.64. The molecule has 20 heavy (non-hydrogen) atoms. The lowest BCUT2D eigenvalue weighted by Crippen LogP contribution is -2.30. The Bertz CT molecular complexity index is 433. The van der Waals surface area contributed by atoms with Crippen molar-refractivity contribution in [3.63, 3.8) is 0 Å². The zero-order valence-corrected chi connectivity index (χ0v) is 12.0. The molecular weight excluding hydrogens is 268 g/mol. The van der Waals surface area contributed by atoms with E-state index >= 15 is 0 Å². The van der Waals surface area contributed by atoms with Crippen LogP contribution in [-0.4, -0.2) is 34.9 Å². The number of halogens is 2. The fraction of sp³-hybridized carbons (Fsp3) is 0.692. The van der Waals surface area contributed by atoms with Gasteiger partial charge in [0.25, 0.3) is 6.43 Å². The standard InChI is InChI=1S/C13H21F2N3O2/c1-9(2)20-6-4-5-16-12(19)8-18-11(13(14)15)7-10(3)17-18/h7,9,13H,4-6,8H2,1-3H3,(H,16,19). The number of nitrogens with one attached hydrogen (secondary N) is 1. The van der Waals surface area contributed by atoms with E-state index in [9.17, 15) is 13.6 Å². The van der Waals surface area contributed by atoms with E-state index in [-0.39, 0.29) is 24.2 Å². The van der Waals surface area contributed by atoms with Crippen LogP contribution in [0.15, 0.2) is 6.07 Å². The van der Waals surface area contributed by atoms with Gasteiger partial charge in [-0.05, 0) is 33.3 Å². The smallest absolute Gasteiger partial charge is 0.280 e. The Morgan fingerprint density at radius 3 is 2.80 bits per heavy atom. The van der Waals surface area contributed by atoms with Gasteiger partial charge >= 0.3 is 0 Å². The number of alkyl halides is 2. The highest BCUT2D eigenvalue weighted by Gasteiger charge is 2.16. The number of hydrogen-bond donors (Lipinski definition) is 1. The molecule has 0 aromatic carbocycles. The van der Waals surface area contributed by atoms with Crippen LogP contribution < -0.4 is 5.32 Å². The molecule has 1 aromatic rings. The first kappa shape index (κ1) is 16.6. The van der Waals surface area contributed by atoms with Crippen LogP contribution in [0.25, 0.3) is 0 Å². The third kappa shape index (κ3) is 5.64. The van der Waals surface area contributed by atoms with Crippen molar-refractivity contribution in [3.8, 4) is 0 Å². The second-order valence-electron chi connectivity index (χ2n) is 4.79. The Hall–Kier alpha value is -1.50. The van der Waals surface area contributed by atoms with Gasteiger partial charge < -0.3 is 10.1 Å². The van der Waals surface area contributed by atoms with Gasteiger partial charge in [-0.3, -0.25) is 9.48 Å². The summed E-state index contributed by atoms with van der Waals surface area (Å²) in [5.41, 5.74) is 0.235. The molecule has 5 nitrogen and oxygen atoms in total. The number of ether oxygens (including phenoxy) is 1. The first-order valence-electron chi connectivity index (χ1n) is 6.61. The predicted octanol–water partition coefficient (Wildman–Crippen LogP) is 2.06. The van der Waals surface area contributed by atoms with Gasteiger partial charge in [0.2, 0.25) is 5.91 Å². The number of nitrogens with zero attached hydrogens (tertiary/aromatic N) is 2. The van der Waals surface area contributed by atoms with Crippen molar-refractivity contribution in [2.75, 3.05) is 13.2 Å². The van der Waals surface area contributed by atoms with Gasteiger partial charge in [-0.2, -0.15) is 5.10 Å². The molecule has 1 aromatic heterocycles. The molecule has 1 rings (SSSR count). The van der Waals surface area contributed by atoms with Gasteiger partial charge in [0.1, 0.15) is 12.2 Å². The molecule has 114 valence electrons. The average Bonchev–Trinajstić information content (AvgIpc) is 2.69. The number of carbonyl (C=O) groups is 1. The van der Waals surface area contributed by atoms with Gasteiger partial charge in [-0.15, -0.1) is 0 Å². The van der Waals surface area contributed by atoms with Crippen molar-refractivity contribution < 1.29 is 18.3 Å². The summed E-state index contributed by atoms with van der Waals surface area (Å²) in [6.07, 6.45) is -1.79. The molecular formula is C13H21F2N3O2. The highest BCUT2D eigenvalue weighted by molar-refractivity contribution is 5.75. The van der Waals surface area contributed by atoms with E-state index in [1.165, 1.54) is 6.07 Å². The molecule has 7 heteroatoms. The molecule has 0 saturated carbocycles. The molecule has 0 aliphatic heterocycles. The normalized spacial score (nSPS) is 11.3. The molecule has 0 unspecified atom stereocenters. The maximum atomic E-state index is 12.7.